The molecule has 0 aromatic rings. The van der Waals surface area contributed by atoms with Crippen LogP contribution in [-0.2, 0) is 14.8 Å². The first-order valence-corrected chi connectivity index (χ1v) is 11.6. The lowest BCUT2D eigenvalue weighted by atomic mass is 9.78. The molecule has 1 unspecified atom stereocenters. The minimum atomic E-state index is -3.26. The van der Waals surface area contributed by atoms with Gasteiger partial charge in [0.2, 0.25) is 10.0 Å². The molecular weight excluding hydrogens is 352 g/mol. The zero-order chi connectivity index (χ0) is 19.0. The van der Waals surface area contributed by atoms with E-state index in [2.05, 4.69) is 36.0 Å². The van der Waals surface area contributed by atoms with Crippen LogP contribution in [0, 0.1) is 5.41 Å². The number of sulfonamides is 1. The summed E-state index contributed by atoms with van der Waals surface area (Å²) in [7, 11) is -3.26. The monoisotopic (exact) mass is 388 g/mol. The number of rotatable bonds is 7. The molecule has 26 heavy (non-hydrogen) atoms. The number of likely N-dealkylation sites (tertiary alicyclic amines) is 1. The van der Waals surface area contributed by atoms with Crippen molar-refractivity contribution in [1.29, 1.82) is 0 Å². The van der Waals surface area contributed by atoms with Crippen LogP contribution >= 0.6 is 0 Å². The Morgan fingerprint density at radius 2 is 1.96 bits per heavy atom. The van der Waals surface area contributed by atoms with Gasteiger partial charge >= 0.3 is 0 Å². The molecule has 2 aliphatic heterocycles. The highest BCUT2D eigenvalue weighted by atomic mass is 32.2. The molecule has 0 aliphatic carbocycles. The Labute approximate surface area is 159 Å². The normalized spacial score (nSPS) is 26.1. The van der Waals surface area contributed by atoms with Gasteiger partial charge in [-0.05, 0) is 31.6 Å². The number of hydrogen-bond acceptors (Lipinski definition) is 4. The molecule has 2 aliphatic rings. The predicted octanol–water partition coefficient (Wildman–Crippen LogP) is 1.52. The molecule has 0 aromatic heterocycles. The van der Waals surface area contributed by atoms with Crippen LogP contribution in [0.5, 0.6) is 0 Å². The summed E-state index contributed by atoms with van der Waals surface area (Å²) in [5, 5.41) is 3.35. The van der Waals surface area contributed by atoms with Crippen molar-refractivity contribution in [3.63, 3.8) is 0 Å². The van der Waals surface area contributed by atoms with Gasteiger partial charge in [-0.25, -0.2) is 8.42 Å². The molecule has 8 heteroatoms. The van der Waals surface area contributed by atoms with Crippen molar-refractivity contribution >= 4 is 16.0 Å². The molecule has 0 spiro atoms. The van der Waals surface area contributed by atoms with Gasteiger partial charge in [-0.15, -0.1) is 0 Å². The molecule has 2 rings (SSSR count). The highest BCUT2D eigenvalue weighted by molar-refractivity contribution is 7.89. The molecule has 152 valence electrons. The Hall–Kier alpha value is -0.860. The van der Waals surface area contributed by atoms with E-state index in [0.717, 1.165) is 32.0 Å². The van der Waals surface area contributed by atoms with E-state index in [4.69, 9.17) is 4.74 Å². The van der Waals surface area contributed by atoms with Crippen molar-refractivity contribution in [2.45, 2.75) is 46.5 Å². The van der Waals surface area contributed by atoms with Crippen molar-refractivity contribution < 1.29 is 13.2 Å². The number of morpholine rings is 1. The zero-order valence-corrected chi connectivity index (χ0v) is 17.5. The first-order valence-electron chi connectivity index (χ1n) is 9.99. The highest BCUT2D eigenvalue weighted by Gasteiger charge is 2.31. The molecule has 0 aromatic carbocycles. The van der Waals surface area contributed by atoms with Gasteiger partial charge in [0.05, 0.1) is 25.5 Å². The summed E-state index contributed by atoms with van der Waals surface area (Å²) in [6, 6.07) is 0. The summed E-state index contributed by atoms with van der Waals surface area (Å²) in [6.07, 6.45) is 4.82. The SMILES string of the molecule is CCCC1(C)CCCN(C(=NCCS(=O)(=O)N2CCOCC2)NCC)C1. The predicted molar refractivity (Wildman–Crippen MR) is 106 cm³/mol. The number of aliphatic imine (C=N–C) groups is 1. The molecule has 0 radical (unpaired) electrons. The largest absolute Gasteiger partial charge is 0.379 e. The van der Waals surface area contributed by atoms with Crippen LogP contribution in [-0.4, -0.2) is 81.8 Å². The van der Waals surface area contributed by atoms with Gasteiger partial charge in [-0.2, -0.15) is 4.31 Å². The lowest BCUT2D eigenvalue weighted by Gasteiger charge is -2.42. The fraction of sp³-hybridized carbons (Fsp3) is 0.944. The molecule has 2 fully saturated rings. The van der Waals surface area contributed by atoms with Crippen LogP contribution in [0.4, 0.5) is 0 Å². The third kappa shape index (κ3) is 6.09. The maximum Gasteiger partial charge on any atom is 0.216 e. The number of guanidine groups is 1. The minimum absolute atomic E-state index is 0.0575. The number of hydrogen-bond donors (Lipinski definition) is 1. The second kappa shape index (κ2) is 9.90. The first-order chi connectivity index (χ1) is 12.4. The molecule has 7 nitrogen and oxygen atoms in total. The number of ether oxygens (including phenoxy) is 1. The number of nitrogens with zero attached hydrogens (tertiary/aromatic N) is 3. The van der Waals surface area contributed by atoms with Gasteiger partial charge in [-0.1, -0.05) is 20.3 Å². The van der Waals surface area contributed by atoms with Crippen LogP contribution < -0.4 is 5.32 Å². The van der Waals surface area contributed by atoms with Gasteiger partial charge in [0.25, 0.3) is 0 Å². The van der Waals surface area contributed by atoms with E-state index in [1.54, 1.807) is 0 Å². The lowest BCUT2D eigenvalue weighted by Crippen LogP contribution is -2.50. The fourth-order valence-corrected chi connectivity index (χ4v) is 5.24. The zero-order valence-electron chi connectivity index (χ0n) is 16.7. The van der Waals surface area contributed by atoms with E-state index < -0.39 is 10.0 Å². The van der Waals surface area contributed by atoms with Crippen molar-refractivity contribution in [2.24, 2.45) is 10.4 Å². The highest BCUT2D eigenvalue weighted by Crippen LogP contribution is 2.33. The van der Waals surface area contributed by atoms with Crippen LogP contribution in [0.2, 0.25) is 0 Å². The maximum absolute atomic E-state index is 12.5. The molecule has 1 N–H and O–H groups in total. The van der Waals surface area contributed by atoms with E-state index in [1.165, 1.54) is 23.6 Å². The average Bonchev–Trinajstić information content (AvgIpc) is 2.61. The van der Waals surface area contributed by atoms with Crippen LogP contribution in [0.15, 0.2) is 4.99 Å². The summed E-state index contributed by atoms with van der Waals surface area (Å²) in [5.74, 6) is 0.911. The van der Waals surface area contributed by atoms with Crippen LogP contribution in [0.1, 0.15) is 46.5 Å². The topological polar surface area (TPSA) is 74.2 Å². The van der Waals surface area contributed by atoms with Crippen LogP contribution in [0.3, 0.4) is 0 Å². The molecule has 2 saturated heterocycles. The van der Waals surface area contributed by atoms with Gasteiger partial charge in [0.1, 0.15) is 0 Å². The van der Waals surface area contributed by atoms with E-state index in [0.29, 0.717) is 38.3 Å². The summed E-state index contributed by atoms with van der Waals surface area (Å²) in [5.41, 5.74) is 0.322. The van der Waals surface area contributed by atoms with Crippen molar-refractivity contribution in [3.05, 3.63) is 0 Å². The fourth-order valence-electron chi connectivity index (χ4n) is 3.95. The number of piperidine rings is 1. The van der Waals surface area contributed by atoms with Crippen molar-refractivity contribution in [3.8, 4) is 0 Å². The van der Waals surface area contributed by atoms with Gasteiger partial charge in [0.15, 0.2) is 5.96 Å². The Bertz CT molecular complexity index is 557. The molecular formula is C18H36N4O3S. The smallest absolute Gasteiger partial charge is 0.216 e. The summed E-state index contributed by atoms with van der Waals surface area (Å²) >= 11 is 0. The molecule has 0 saturated carbocycles. The lowest BCUT2D eigenvalue weighted by molar-refractivity contribution is 0.0731. The van der Waals surface area contributed by atoms with Gasteiger partial charge < -0.3 is 15.0 Å². The summed E-state index contributed by atoms with van der Waals surface area (Å²) < 4.78 is 31.7. The third-order valence-corrected chi connectivity index (χ3v) is 7.09. The number of nitrogens with one attached hydrogen (secondary N) is 1. The van der Waals surface area contributed by atoms with E-state index in [9.17, 15) is 8.42 Å². The quantitative estimate of drug-likeness (QED) is 0.529. The van der Waals surface area contributed by atoms with E-state index in [1.807, 2.05) is 0 Å². The molecule has 0 amide bonds. The standard InChI is InChI=1S/C18H36N4O3S/c1-4-7-18(3)8-6-10-21(16-18)17(19-5-2)20-9-15-26(23,24)22-11-13-25-14-12-22/h4-16H2,1-3H3,(H,19,20). The van der Waals surface area contributed by atoms with E-state index >= 15 is 0 Å². The minimum Gasteiger partial charge on any atom is -0.379 e. The second-order valence-corrected chi connectivity index (χ2v) is 9.74. The summed E-state index contributed by atoms with van der Waals surface area (Å²) in [6.45, 7) is 11.6. The molecule has 0 bridgehead atoms. The Kier molecular flexibility index (Phi) is 8.16. The maximum atomic E-state index is 12.5. The first kappa shape index (κ1) is 21.4. The van der Waals surface area contributed by atoms with Crippen molar-refractivity contribution in [1.82, 2.24) is 14.5 Å². The Morgan fingerprint density at radius 1 is 1.23 bits per heavy atom. The third-order valence-electron chi connectivity index (χ3n) is 5.24. The molecule has 2 heterocycles. The van der Waals surface area contributed by atoms with Gasteiger partial charge in [0, 0.05) is 32.7 Å². The second-order valence-electron chi connectivity index (χ2n) is 7.65. The molecule has 1 atom stereocenters. The van der Waals surface area contributed by atoms with Gasteiger partial charge in [-0.3, -0.25) is 4.99 Å². The average molecular weight is 389 g/mol. The summed E-state index contributed by atoms with van der Waals surface area (Å²) in [4.78, 5) is 6.95. The van der Waals surface area contributed by atoms with Crippen molar-refractivity contribution in [2.75, 3.05) is 58.2 Å². The Morgan fingerprint density at radius 3 is 2.62 bits per heavy atom. The van der Waals surface area contributed by atoms with Crippen LogP contribution in [0.25, 0.3) is 0 Å². The van der Waals surface area contributed by atoms with E-state index in [-0.39, 0.29) is 5.75 Å². The Balaban J connectivity index is 1.97.